The number of hydrogen-bond acceptors (Lipinski definition) is 2. The molecule has 2 heteroatoms. The zero-order valence-corrected chi connectivity index (χ0v) is 19.0. The summed E-state index contributed by atoms with van der Waals surface area (Å²) in [7, 11) is 0. The lowest BCUT2D eigenvalue weighted by Crippen LogP contribution is -1.98. The quantitative estimate of drug-likeness (QED) is 0.437. The monoisotopic (exact) mass is 402 g/mol. The van der Waals surface area contributed by atoms with Crippen LogP contribution in [0.3, 0.4) is 0 Å². The number of hydrogen-bond donors (Lipinski definition) is 2. The maximum absolute atomic E-state index is 10.6. The molecule has 0 amide bonds. The highest BCUT2D eigenvalue weighted by Crippen LogP contribution is 2.40. The number of phenols is 2. The van der Waals surface area contributed by atoms with E-state index in [4.69, 9.17) is 0 Å². The molecule has 2 N–H and O–H groups in total. The molecule has 0 heterocycles. The fourth-order valence-electron chi connectivity index (χ4n) is 4.37. The summed E-state index contributed by atoms with van der Waals surface area (Å²) >= 11 is 0. The average molecular weight is 403 g/mol. The van der Waals surface area contributed by atoms with Crippen LogP contribution in [0.1, 0.15) is 62.4 Å². The zero-order chi connectivity index (χ0) is 21.8. The Morgan fingerprint density at radius 1 is 0.533 bits per heavy atom. The van der Waals surface area contributed by atoms with E-state index in [0.29, 0.717) is 11.5 Å². The zero-order valence-electron chi connectivity index (χ0n) is 19.0. The number of benzene rings is 3. The lowest BCUT2D eigenvalue weighted by Gasteiger charge is -2.19. The summed E-state index contributed by atoms with van der Waals surface area (Å²) in [4.78, 5) is 0. The van der Waals surface area contributed by atoms with E-state index in [0.717, 1.165) is 65.5 Å². The third-order valence-corrected chi connectivity index (χ3v) is 6.19. The molecule has 0 saturated heterocycles. The van der Waals surface area contributed by atoms with Crippen molar-refractivity contribution in [3.05, 3.63) is 70.3 Å². The van der Waals surface area contributed by atoms with E-state index >= 15 is 0 Å². The van der Waals surface area contributed by atoms with Gasteiger partial charge in [0.25, 0.3) is 0 Å². The van der Waals surface area contributed by atoms with Gasteiger partial charge in [0.2, 0.25) is 0 Å². The minimum Gasteiger partial charge on any atom is -0.507 e. The van der Waals surface area contributed by atoms with Gasteiger partial charge in [0, 0.05) is 0 Å². The van der Waals surface area contributed by atoms with Gasteiger partial charge >= 0.3 is 0 Å². The minimum atomic E-state index is 0.433. The first-order valence-corrected chi connectivity index (χ1v) is 11.3. The van der Waals surface area contributed by atoms with E-state index in [9.17, 15) is 10.2 Å². The Labute approximate surface area is 181 Å². The molecule has 0 aliphatic carbocycles. The molecule has 0 aliphatic heterocycles. The second-order valence-electron chi connectivity index (χ2n) is 7.89. The third kappa shape index (κ3) is 3.96. The summed E-state index contributed by atoms with van der Waals surface area (Å²) in [6.07, 6.45) is 4.14. The summed E-state index contributed by atoms with van der Waals surface area (Å²) in [6, 6.07) is 15.1. The molecule has 0 aliphatic rings. The first-order chi connectivity index (χ1) is 14.5. The smallest absolute Gasteiger partial charge is 0.121 e. The van der Waals surface area contributed by atoms with Crippen molar-refractivity contribution in [1.29, 1.82) is 0 Å². The summed E-state index contributed by atoms with van der Waals surface area (Å²) < 4.78 is 0. The number of aryl methyl sites for hydroxylation is 5. The van der Waals surface area contributed by atoms with Crippen molar-refractivity contribution in [2.45, 2.75) is 66.7 Å². The first kappa shape index (κ1) is 22.0. The van der Waals surface area contributed by atoms with Gasteiger partial charge in [0.15, 0.2) is 0 Å². The summed E-state index contributed by atoms with van der Waals surface area (Å²) in [5.41, 5.74) is 10.0. The van der Waals surface area contributed by atoms with Gasteiger partial charge in [-0.3, -0.25) is 0 Å². The van der Waals surface area contributed by atoms with Crippen LogP contribution in [-0.4, -0.2) is 10.2 Å². The molecule has 3 aromatic carbocycles. The summed E-state index contributed by atoms with van der Waals surface area (Å²) in [6.45, 7) is 10.5. The van der Waals surface area contributed by atoms with Crippen molar-refractivity contribution in [3.8, 4) is 33.8 Å². The molecule has 0 unspecified atom stereocenters. The predicted octanol–water partition coefficient (Wildman–Crippen LogP) is 7.24. The maximum Gasteiger partial charge on any atom is 0.121 e. The molecule has 0 bridgehead atoms. The van der Waals surface area contributed by atoms with Gasteiger partial charge < -0.3 is 10.2 Å². The molecule has 0 fully saturated rings. The van der Waals surface area contributed by atoms with E-state index < -0.39 is 0 Å². The van der Waals surface area contributed by atoms with Gasteiger partial charge in [-0.25, -0.2) is 0 Å². The van der Waals surface area contributed by atoms with E-state index in [-0.39, 0.29) is 0 Å². The fourth-order valence-corrected chi connectivity index (χ4v) is 4.37. The topological polar surface area (TPSA) is 40.5 Å². The van der Waals surface area contributed by atoms with Crippen molar-refractivity contribution in [2.24, 2.45) is 0 Å². The van der Waals surface area contributed by atoms with E-state index in [2.05, 4.69) is 77.1 Å². The average Bonchev–Trinajstić information content (AvgIpc) is 2.78. The fraction of sp³-hybridized carbons (Fsp3) is 0.357. The van der Waals surface area contributed by atoms with Gasteiger partial charge in [-0.1, -0.05) is 52.8 Å². The van der Waals surface area contributed by atoms with Crippen LogP contribution in [0, 0.1) is 0 Å². The van der Waals surface area contributed by atoms with E-state index in [1.165, 1.54) is 16.7 Å². The highest BCUT2D eigenvalue weighted by atomic mass is 16.3. The van der Waals surface area contributed by atoms with E-state index in [1.54, 1.807) is 0 Å². The standard InChI is InChI=1S/C28H34O2/c1-6-18-12-11-13-25(23-14-19(7-2)27(29)20(8-3)15-23)26(18)24-16-21(9-4)28(30)22(10-5)17-24/h11-17,29-30H,6-10H2,1-5H3. The molecule has 0 saturated carbocycles. The lowest BCUT2D eigenvalue weighted by atomic mass is 9.86. The highest BCUT2D eigenvalue weighted by molar-refractivity contribution is 5.87. The van der Waals surface area contributed by atoms with Gasteiger partial charge in [-0.15, -0.1) is 0 Å². The van der Waals surface area contributed by atoms with Crippen LogP contribution >= 0.6 is 0 Å². The van der Waals surface area contributed by atoms with Crippen molar-refractivity contribution in [3.63, 3.8) is 0 Å². The molecular formula is C28H34O2. The number of phenolic OH excluding ortho intramolecular Hbond substituents is 2. The first-order valence-electron chi connectivity index (χ1n) is 11.3. The van der Waals surface area contributed by atoms with Crippen LogP contribution in [0.15, 0.2) is 42.5 Å². The second kappa shape index (κ2) is 9.38. The SMILES string of the molecule is CCc1cc(-c2cccc(CC)c2-c2cc(CC)c(O)c(CC)c2)cc(CC)c1O. The Hall–Kier alpha value is -2.74. The third-order valence-electron chi connectivity index (χ3n) is 6.19. The van der Waals surface area contributed by atoms with Crippen LogP contribution in [-0.2, 0) is 32.1 Å². The number of rotatable bonds is 7. The largest absolute Gasteiger partial charge is 0.507 e. The normalized spacial score (nSPS) is 11.1. The molecule has 30 heavy (non-hydrogen) atoms. The van der Waals surface area contributed by atoms with Gasteiger partial charge in [0.05, 0.1) is 0 Å². The lowest BCUT2D eigenvalue weighted by molar-refractivity contribution is 0.462. The number of aromatic hydroxyl groups is 2. The van der Waals surface area contributed by atoms with Crippen molar-refractivity contribution < 1.29 is 10.2 Å². The van der Waals surface area contributed by atoms with Crippen LogP contribution in [0.4, 0.5) is 0 Å². The molecule has 158 valence electrons. The molecular weight excluding hydrogens is 368 g/mol. The van der Waals surface area contributed by atoms with Crippen LogP contribution in [0.2, 0.25) is 0 Å². The van der Waals surface area contributed by atoms with Crippen LogP contribution in [0.25, 0.3) is 22.3 Å². The molecule has 3 rings (SSSR count). The Morgan fingerprint density at radius 2 is 0.933 bits per heavy atom. The highest BCUT2D eigenvalue weighted by Gasteiger charge is 2.17. The molecule has 0 aromatic heterocycles. The van der Waals surface area contributed by atoms with Crippen molar-refractivity contribution in [2.75, 3.05) is 0 Å². The van der Waals surface area contributed by atoms with Gasteiger partial charge in [-0.2, -0.15) is 0 Å². The Kier molecular flexibility index (Phi) is 6.87. The molecule has 0 radical (unpaired) electrons. The minimum absolute atomic E-state index is 0.433. The van der Waals surface area contributed by atoms with E-state index in [1.807, 2.05) is 0 Å². The maximum atomic E-state index is 10.6. The van der Waals surface area contributed by atoms with Crippen LogP contribution < -0.4 is 0 Å². The molecule has 2 nitrogen and oxygen atoms in total. The Morgan fingerprint density at radius 3 is 1.33 bits per heavy atom. The van der Waals surface area contributed by atoms with Crippen molar-refractivity contribution in [1.82, 2.24) is 0 Å². The van der Waals surface area contributed by atoms with Crippen LogP contribution in [0.5, 0.6) is 11.5 Å². The molecule has 0 atom stereocenters. The Balaban J connectivity index is 2.34. The predicted molar refractivity (Wildman–Crippen MR) is 128 cm³/mol. The second-order valence-corrected chi connectivity index (χ2v) is 7.89. The molecule has 0 spiro atoms. The van der Waals surface area contributed by atoms with Gasteiger partial charge in [0.1, 0.15) is 11.5 Å². The van der Waals surface area contributed by atoms with Gasteiger partial charge in [-0.05, 0) is 106 Å². The molecule has 3 aromatic rings. The summed E-state index contributed by atoms with van der Waals surface area (Å²) in [5.74, 6) is 0.869. The van der Waals surface area contributed by atoms with Crippen molar-refractivity contribution >= 4 is 0 Å². The Bertz CT molecular complexity index is 996. The summed E-state index contributed by atoms with van der Waals surface area (Å²) in [5, 5.41) is 21.2.